The minimum Gasteiger partial charge on any atom is -0.356 e. The SMILES string of the molecule is CN=C(NCC1CCCN(C)C1)N(C)Cc1cc(Cl)cn1C.I. The van der Waals surface area contributed by atoms with Crippen LogP contribution < -0.4 is 5.32 Å². The Morgan fingerprint density at radius 1 is 1.48 bits per heavy atom. The quantitative estimate of drug-likeness (QED) is 0.432. The predicted octanol–water partition coefficient (Wildman–Crippen LogP) is 2.65. The molecule has 0 aromatic carbocycles. The van der Waals surface area contributed by atoms with Gasteiger partial charge in [0.2, 0.25) is 0 Å². The third-order valence-electron chi connectivity index (χ3n) is 4.32. The van der Waals surface area contributed by atoms with E-state index in [1.165, 1.54) is 31.6 Å². The molecule has 132 valence electrons. The summed E-state index contributed by atoms with van der Waals surface area (Å²) < 4.78 is 2.06. The first-order chi connectivity index (χ1) is 10.5. The Bertz CT molecular complexity index is 517. The van der Waals surface area contributed by atoms with Crippen molar-refractivity contribution in [3.8, 4) is 0 Å². The molecule has 1 N–H and O–H groups in total. The topological polar surface area (TPSA) is 35.8 Å². The fourth-order valence-corrected chi connectivity index (χ4v) is 3.37. The molecule has 0 spiro atoms. The number of hydrogen-bond acceptors (Lipinski definition) is 2. The van der Waals surface area contributed by atoms with E-state index in [1.807, 2.05) is 26.4 Å². The zero-order chi connectivity index (χ0) is 16.1. The van der Waals surface area contributed by atoms with Crippen LogP contribution in [0.25, 0.3) is 0 Å². The van der Waals surface area contributed by atoms with Crippen LogP contribution in [0.3, 0.4) is 0 Å². The van der Waals surface area contributed by atoms with E-state index < -0.39 is 0 Å². The normalized spacial score (nSPS) is 19.3. The van der Waals surface area contributed by atoms with Gasteiger partial charge in [-0.05, 0) is 38.4 Å². The lowest BCUT2D eigenvalue weighted by atomic mass is 9.99. The highest BCUT2D eigenvalue weighted by molar-refractivity contribution is 14.0. The highest BCUT2D eigenvalue weighted by atomic mass is 127. The van der Waals surface area contributed by atoms with Crippen molar-refractivity contribution in [2.24, 2.45) is 18.0 Å². The van der Waals surface area contributed by atoms with Crippen LogP contribution in [0, 0.1) is 5.92 Å². The summed E-state index contributed by atoms with van der Waals surface area (Å²) in [4.78, 5) is 8.95. The molecule has 23 heavy (non-hydrogen) atoms. The molecule has 1 aromatic heterocycles. The van der Waals surface area contributed by atoms with Crippen molar-refractivity contribution in [2.75, 3.05) is 40.8 Å². The lowest BCUT2D eigenvalue weighted by Crippen LogP contribution is -2.44. The third kappa shape index (κ3) is 6.15. The number of halogens is 2. The Labute approximate surface area is 162 Å². The number of piperidine rings is 1. The maximum absolute atomic E-state index is 6.05. The molecule has 5 nitrogen and oxygen atoms in total. The van der Waals surface area contributed by atoms with Crippen molar-refractivity contribution < 1.29 is 0 Å². The Kier molecular flexibility index (Phi) is 8.71. The lowest BCUT2D eigenvalue weighted by Gasteiger charge is -2.31. The maximum atomic E-state index is 6.05. The number of aromatic nitrogens is 1. The van der Waals surface area contributed by atoms with Gasteiger partial charge in [-0.1, -0.05) is 11.6 Å². The molecule has 0 radical (unpaired) electrons. The van der Waals surface area contributed by atoms with Crippen molar-refractivity contribution in [3.05, 3.63) is 23.0 Å². The molecule has 1 unspecified atom stereocenters. The molecule has 7 heteroatoms. The van der Waals surface area contributed by atoms with Gasteiger partial charge in [0.1, 0.15) is 0 Å². The van der Waals surface area contributed by atoms with Gasteiger partial charge in [0, 0.05) is 46.1 Å². The maximum Gasteiger partial charge on any atom is 0.193 e. The molecule has 1 aliphatic rings. The Morgan fingerprint density at radius 2 is 2.22 bits per heavy atom. The largest absolute Gasteiger partial charge is 0.356 e. The number of likely N-dealkylation sites (tertiary alicyclic amines) is 1. The Hall–Kier alpha value is -0.470. The van der Waals surface area contributed by atoms with Crippen LogP contribution in [0.4, 0.5) is 0 Å². The van der Waals surface area contributed by atoms with E-state index in [4.69, 9.17) is 11.6 Å². The van der Waals surface area contributed by atoms with Gasteiger partial charge in [0.05, 0.1) is 11.6 Å². The molecule has 1 aliphatic heterocycles. The van der Waals surface area contributed by atoms with Crippen LogP contribution in [0.5, 0.6) is 0 Å². The van der Waals surface area contributed by atoms with Gasteiger partial charge in [-0.25, -0.2) is 0 Å². The molecular weight excluding hydrogens is 425 g/mol. The molecule has 0 amide bonds. The Morgan fingerprint density at radius 3 is 2.78 bits per heavy atom. The molecule has 2 rings (SSSR count). The third-order valence-corrected chi connectivity index (χ3v) is 4.52. The molecule has 1 atom stereocenters. The number of aryl methyl sites for hydroxylation is 1. The standard InChI is InChI=1S/C16H28ClN5.HI/c1-18-16(19-9-13-6-5-7-20(2)10-13)22(4)12-15-8-14(17)11-21(15)3;/h8,11,13H,5-7,9-10,12H2,1-4H3,(H,18,19);1H. The van der Waals surface area contributed by atoms with Crippen LogP contribution in [0.15, 0.2) is 17.3 Å². The van der Waals surface area contributed by atoms with Gasteiger partial charge in [0.25, 0.3) is 0 Å². The number of rotatable bonds is 4. The van der Waals surface area contributed by atoms with E-state index in [1.54, 1.807) is 0 Å². The summed E-state index contributed by atoms with van der Waals surface area (Å²) in [7, 11) is 8.11. The zero-order valence-electron chi connectivity index (χ0n) is 14.5. The zero-order valence-corrected chi connectivity index (χ0v) is 17.6. The number of aliphatic imine (C=N–C) groups is 1. The second-order valence-corrected chi connectivity index (χ2v) is 6.75. The van der Waals surface area contributed by atoms with E-state index in [0.717, 1.165) is 24.1 Å². The highest BCUT2D eigenvalue weighted by Gasteiger charge is 2.18. The summed E-state index contributed by atoms with van der Waals surface area (Å²) in [6.45, 7) is 4.16. The summed E-state index contributed by atoms with van der Waals surface area (Å²) >= 11 is 6.05. The molecule has 0 saturated carbocycles. The van der Waals surface area contributed by atoms with Crippen LogP contribution in [-0.4, -0.2) is 61.1 Å². The summed E-state index contributed by atoms with van der Waals surface area (Å²) in [5.74, 6) is 1.64. The monoisotopic (exact) mass is 453 g/mol. The van der Waals surface area contributed by atoms with Crippen molar-refractivity contribution in [3.63, 3.8) is 0 Å². The molecule has 1 aromatic rings. The first-order valence-electron chi connectivity index (χ1n) is 7.90. The van der Waals surface area contributed by atoms with Crippen LogP contribution in [-0.2, 0) is 13.6 Å². The highest BCUT2D eigenvalue weighted by Crippen LogP contribution is 2.15. The molecule has 2 heterocycles. The summed E-state index contributed by atoms with van der Waals surface area (Å²) in [5, 5.41) is 4.29. The predicted molar refractivity (Wildman–Crippen MR) is 109 cm³/mol. The van der Waals surface area contributed by atoms with Crippen molar-refractivity contribution >= 4 is 41.5 Å². The summed E-state index contributed by atoms with van der Waals surface area (Å²) in [6, 6.07) is 2.00. The molecular formula is C16H29ClIN5. The lowest BCUT2D eigenvalue weighted by molar-refractivity contribution is 0.209. The van der Waals surface area contributed by atoms with Crippen molar-refractivity contribution in [2.45, 2.75) is 19.4 Å². The van der Waals surface area contributed by atoms with Gasteiger partial charge in [0.15, 0.2) is 5.96 Å². The summed E-state index contributed by atoms with van der Waals surface area (Å²) in [6.07, 6.45) is 4.52. The van der Waals surface area contributed by atoms with Crippen LogP contribution >= 0.6 is 35.6 Å². The van der Waals surface area contributed by atoms with Crippen molar-refractivity contribution in [1.29, 1.82) is 0 Å². The molecule has 0 bridgehead atoms. The number of guanidine groups is 1. The fraction of sp³-hybridized carbons (Fsp3) is 0.688. The first kappa shape index (κ1) is 20.6. The smallest absolute Gasteiger partial charge is 0.193 e. The Balaban J connectivity index is 0.00000264. The van der Waals surface area contributed by atoms with Gasteiger partial charge < -0.3 is 19.7 Å². The minimum absolute atomic E-state index is 0. The van der Waals surface area contributed by atoms with E-state index in [-0.39, 0.29) is 24.0 Å². The summed E-state index contributed by atoms with van der Waals surface area (Å²) in [5.41, 5.74) is 1.17. The van der Waals surface area contributed by atoms with E-state index in [9.17, 15) is 0 Å². The van der Waals surface area contributed by atoms with E-state index >= 15 is 0 Å². The van der Waals surface area contributed by atoms with E-state index in [0.29, 0.717) is 5.92 Å². The number of nitrogens with one attached hydrogen (secondary N) is 1. The van der Waals surface area contributed by atoms with Gasteiger partial charge in [-0.3, -0.25) is 4.99 Å². The average Bonchev–Trinajstić information content (AvgIpc) is 2.77. The molecule has 1 saturated heterocycles. The molecule has 1 fully saturated rings. The first-order valence-corrected chi connectivity index (χ1v) is 8.28. The number of nitrogens with zero attached hydrogens (tertiary/aromatic N) is 4. The number of hydrogen-bond donors (Lipinski definition) is 1. The van der Waals surface area contributed by atoms with Crippen molar-refractivity contribution in [1.82, 2.24) is 19.7 Å². The average molecular weight is 454 g/mol. The minimum atomic E-state index is 0. The van der Waals surface area contributed by atoms with Crippen LogP contribution in [0.1, 0.15) is 18.5 Å². The van der Waals surface area contributed by atoms with Gasteiger partial charge in [-0.2, -0.15) is 0 Å². The molecule has 0 aliphatic carbocycles. The van der Waals surface area contributed by atoms with E-state index in [2.05, 4.69) is 38.8 Å². The van der Waals surface area contributed by atoms with Gasteiger partial charge >= 0.3 is 0 Å². The second-order valence-electron chi connectivity index (χ2n) is 6.32. The van der Waals surface area contributed by atoms with Crippen LogP contribution in [0.2, 0.25) is 5.02 Å². The van der Waals surface area contributed by atoms with Gasteiger partial charge in [-0.15, -0.1) is 24.0 Å². The second kappa shape index (κ2) is 9.74. The fourth-order valence-electron chi connectivity index (χ4n) is 3.10.